The Labute approximate surface area is 105 Å². The van der Waals surface area contributed by atoms with Gasteiger partial charge in [-0.15, -0.1) is 11.3 Å². The molecule has 0 aromatic carbocycles. The van der Waals surface area contributed by atoms with E-state index in [1.165, 1.54) is 11.3 Å². The molecule has 17 heavy (non-hydrogen) atoms. The molecule has 0 fully saturated rings. The van der Waals surface area contributed by atoms with Crippen LogP contribution in [0, 0.1) is 6.92 Å². The van der Waals surface area contributed by atoms with Gasteiger partial charge in [0.05, 0.1) is 12.1 Å². The molecule has 1 rings (SSSR count). The van der Waals surface area contributed by atoms with E-state index in [1.54, 1.807) is 0 Å². The lowest BCUT2D eigenvalue weighted by molar-refractivity contribution is -0.136. The molecule has 1 aromatic heterocycles. The van der Waals surface area contributed by atoms with Crippen LogP contribution in [0.5, 0.6) is 0 Å². The van der Waals surface area contributed by atoms with Crippen molar-refractivity contribution < 1.29 is 14.6 Å². The molecule has 0 saturated carbocycles. The molecule has 0 aliphatic carbocycles. The molecule has 0 aliphatic rings. The third-order valence-corrected chi connectivity index (χ3v) is 3.27. The van der Waals surface area contributed by atoms with Crippen LogP contribution >= 0.6 is 11.3 Å². The summed E-state index contributed by atoms with van der Waals surface area (Å²) in [5.41, 5.74) is 0.796. The molecule has 6 heteroatoms. The third-order valence-electron chi connectivity index (χ3n) is 2.15. The molecule has 5 nitrogen and oxygen atoms in total. The Morgan fingerprint density at radius 1 is 1.59 bits per heavy atom. The van der Waals surface area contributed by atoms with E-state index >= 15 is 0 Å². The van der Waals surface area contributed by atoms with Crippen molar-refractivity contribution in [1.29, 1.82) is 0 Å². The van der Waals surface area contributed by atoms with Crippen LogP contribution in [0.25, 0.3) is 0 Å². The number of carboxylic acid groups (broad SMARTS) is 1. The maximum atomic E-state index is 10.6. The van der Waals surface area contributed by atoms with Crippen LogP contribution in [0.2, 0.25) is 0 Å². The molecule has 96 valence electrons. The van der Waals surface area contributed by atoms with Crippen molar-refractivity contribution in [3.05, 3.63) is 10.6 Å². The van der Waals surface area contributed by atoms with Crippen LogP contribution < -0.4 is 5.32 Å². The van der Waals surface area contributed by atoms with Crippen molar-refractivity contribution in [3.63, 3.8) is 0 Å². The molecular weight excluding hydrogens is 240 g/mol. The molecule has 1 aromatic rings. The van der Waals surface area contributed by atoms with E-state index in [2.05, 4.69) is 10.3 Å². The number of hydrogen-bond acceptors (Lipinski definition) is 5. The van der Waals surface area contributed by atoms with Crippen LogP contribution in [-0.4, -0.2) is 35.8 Å². The van der Waals surface area contributed by atoms with E-state index in [0.717, 1.165) is 41.9 Å². The first-order chi connectivity index (χ1) is 8.13. The Hall–Kier alpha value is -1.14. The summed E-state index contributed by atoms with van der Waals surface area (Å²) >= 11 is 1.41. The fraction of sp³-hybridized carbons (Fsp3) is 0.636. The van der Waals surface area contributed by atoms with Gasteiger partial charge in [-0.1, -0.05) is 0 Å². The number of carboxylic acids is 1. The average Bonchev–Trinajstić information content (AvgIpc) is 2.58. The minimum Gasteiger partial charge on any atom is -0.481 e. The number of rotatable bonds is 8. The highest BCUT2D eigenvalue weighted by atomic mass is 32.1. The molecule has 0 amide bonds. The van der Waals surface area contributed by atoms with Crippen LogP contribution in [0.3, 0.4) is 0 Å². The van der Waals surface area contributed by atoms with Gasteiger partial charge in [0.1, 0.15) is 0 Å². The van der Waals surface area contributed by atoms with E-state index < -0.39 is 5.97 Å². The van der Waals surface area contributed by atoms with Crippen molar-refractivity contribution in [3.8, 4) is 0 Å². The first kappa shape index (κ1) is 13.9. The van der Waals surface area contributed by atoms with Gasteiger partial charge >= 0.3 is 5.97 Å². The summed E-state index contributed by atoms with van der Waals surface area (Å²) in [7, 11) is 0. The van der Waals surface area contributed by atoms with Gasteiger partial charge in [0, 0.05) is 24.6 Å². The standard InChI is InChI=1S/C11H18N2O3S/c1-3-16-6-4-5-12-11-13-8(2)9(17-11)7-10(14)15/h3-7H2,1-2H3,(H,12,13)(H,14,15). The first-order valence-electron chi connectivity index (χ1n) is 5.63. The molecule has 0 aliphatic heterocycles. The van der Waals surface area contributed by atoms with Crippen LogP contribution in [0.1, 0.15) is 23.9 Å². The highest BCUT2D eigenvalue weighted by Gasteiger charge is 2.10. The predicted molar refractivity (Wildman–Crippen MR) is 67.8 cm³/mol. The second-order valence-corrected chi connectivity index (χ2v) is 4.66. The molecule has 0 spiro atoms. The third kappa shape index (κ3) is 5.14. The highest BCUT2D eigenvalue weighted by molar-refractivity contribution is 7.15. The monoisotopic (exact) mass is 258 g/mol. The summed E-state index contributed by atoms with van der Waals surface area (Å²) < 4.78 is 5.22. The number of anilines is 1. The number of aliphatic carboxylic acids is 1. The van der Waals surface area contributed by atoms with Crippen molar-refractivity contribution in [1.82, 2.24) is 4.98 Å². The molecular formula is C11H18N2O3S. The van der Waals surface area contributed by atoms with E-state index in [9.17, 15) is 4.79 Å². The van der Waals surface area contributed by atoms with Gasteiger partial charge in [-0.05, 0) is 20.3 Å². The summed E-state index contributed by atoms with van der Waals surface area (Å²) in [5, 5.41) is 12.7. The summed E-state index contributed by atoms with van der Waals surface area (Å²) in [6.07, 6.45) is 0.963. The molecule has 0 saturated heterocycles. The molecule has 0 bridgehead atoms. The Morgan fingerprint density at radius 2 is 2.35 bits per heavy atom. The number of thiazole rings is 1. The van der Waals surface area contributed by atoms with Gasteiger partial charge in [0.2, 0.25) is 0 Å². The lowest BCUT2D eigenvalue weighted by Gasteiger charge is -2.02. The molecule has 1 heterocycles. The highest BCUT2D eigenvalue weighted by Crippen LogP contribution is 2.22. The summed E-state index contributed by atoms with van der Waals surface area (Å²) in [6, 6.07) is 0. The Balaban J connectivity index is 2.36. The maximum absolute atomic E-state index is 10.6. The number of aryl methyl sites for hydroxylation is 1. The van der Waals surface area contributed by atoms with Crippen LogP contribution in [-0.2, 0) is 16.0 Å². The fourth-order valence-electron chi connectivity index (χ4n) is 1.32. The lowest BCUT2D eigenvalue weighted by Crippen LogP contribution is -2.05. The fourth-order valence-corrected chi connectivity index (χ4v) is 2.30. The Bertz CT molecular complexity index is 366. The molecule has 0 unspecified atom stereocenters. The van der Waals surface area contributed by atoms with Crippen molar-refractivity contribution >= 4 is 22.4 Å². The van der Waals surface area contributed by atoms with E-state index in [4.69, 9.17) is 9.84 Å². The van der Waals surface area contributed by atoms with Crippen molar-refractivity contribution in [2.75, 3.05) is 25.1 Å². The van der Waals surface area contributed by atoms with Crippen molar-refractivity contribution in [2.45, 2.75) is 26.7 Å². The SMILES string of the molecule is CCOCCCNc1nc(C)c(CC(=O)O)s1. The minimum absolute atomic E-state index is 0.0458. The van der Waals surface area contributed by atoms with Gasteiger partial charge in [0.25, 0.3) is 0 Å². The molecule has 0 radical (unpaired) electrons. The minimum atomic E-state index is -0.820. The number of carbonyl (C=O) groups is 1. The van der Waals surface area contributed by atoms with Crippen LogP contribution in [0.4, 0.5) is 5.13 Å². The second kappa shape index (κ2) is 7.24. The number of ether oxygens (including phenoxy) is 1. The first-order valence-corrected chi connectivity index (χ1v) is 6.44. The van der Waals surface area contributed by atoms with Gasteiger partial charge in [0.15, 0.2) is 5.13 Å². The molecule has 2 N–H and O–H groups in total. The number of aromatic nitrogens is 1. The number of nitrogens with one attached hydrogen (secondary N) is 1. The normalized spacial score (nSPS) is 10.5. The zero-order valence-electron chi connectivity index (χ0n) is 10.2. The van der Waals surface area contributed by atoms with Gasteiger partial charge in [-0.25, -0.2) is 4.98 Å². The smallest absolute Gasteiger partial charge is 0.308 e. The van der Waals surface area contributed by atoms with Crippen molar-refractivity contribution in [2.24, 2.45) is 0 Å². The molecule has 0 atom stereocenters. The van der Waals surface area contributed by atoms with E-state index in [1.807, 2.05) is 13.8 Å². The van der Waals surface area contributed by atoms with E-state index in [0.29, 0.717) is 0 Å². The number of nitrogens with zero attached hydrogens (tertiary/aromatic N) is 1. The largest absolute Gasteiger partial charge is 0.481 e. The van der Waals surface area contributed by atoms with Gasteiger partial charge in [-0.2, -0.15) is 0 Å². The zero-order valence-corrected chi connectivity index (χ0v) is 11.0. The topological polar surface area (TPSA) is 71.5 Å². The Kier molecular flexibility index (Phi) is 5.93. The number of hydrogen-bond donors (Lipinski definition) is 2. The predicted octanol–water partition coefficient (Wildman–Crippen LogP) is 1.92. The lowest BCUT2D eigenvalue weighted by atomic mass is 10.3. The summed E-state index contributed by atoms with van der Waals surface area (Å²) in [5.74, 6) is -0.820. The maximum Gasteiger partial charge on any atom is 0.308 e. The second-order valence-electron chi connectivity index (χ2n) is 3.58. The van der Waals surface area contributed by atoms with Crippen LogP contribution in [0.15, 0.2) is 0 Å². The van der Waals surface area contributed by atoms with E-state index in [-0.39, 0.29) is 6.42 Å². The van der Waals surface area contributed by atoms with Gasteiger partial charge < -0.3 is 15.2 Å². The quantitative estimate of drug-likeness (QED) is 0.697. The summed E-state index contributed by atoms with van der Waals surface area (Å²) in [4.78, 5) is 15.7. The summed E-state index contributed by atoms with van der Waals surface area (Å²) in [6.45, 7) is 6.06. The van der Waals surface area contributed by atoms with Gasteiger partial charge in [-0.3, -0.25) is 4.79 Å². The average molecular weight is 258 g/mol. The Morgan fingerprint density at radius 3 is 3.00 bits per heavy atom. The zero-order chi connectivity index (χ0) is 12.7.